The Morgan fingerprint density at radius 1 is 0.895 bits per heavy atom. The van der Waals surface area contributed by atoms with E-state index in [-0.39, 0.29) is 22.0 Å². The Kier molecular flexibility index (Phi) is 3.92. The van der Waals surface area contributed by atoms with Crippen molar-refractivity contribution in [2.45, 2.75) is 26.2 Å². The first kappa shape index (κ1) is 14.0. The molecule has 1 aromatic carbocycles. The Hall–Kier alpha value is -1.39. The van der Waals surface area contributed by atoms with Crippen LogP contribution in [0.15, 0.2) is 24.3 Å². The summed E-state index contributed by atoms with van der Waals surface area (Å²) in [7, 11) is 0. The summed E-state index contributed by atoms with van der Waals surface area (Å²) in [6.45, 7) is 6.44. The number of hydrogen-bond donors (Lipinski definition) is 0. The summed E-state index contributed by atoms with van der Waals surface area (Å²) in [5, 5.41) is 0.00243. The van der Waals surface area contributed by atoms with Crippen LogP contribution >= 0.6 is 23.2 Å². The second-order valence-corrected chi connectivity index (χ2v) is 5.71. The summed E-state index contributed by atoms with van der Waals surface area (Å²) in [6.07, 6.45) is 0. The molecule has 4 nitrogen and oxygen atoms in total. The van der Waals surface area contributed by atoms with Crippen molar-refractivity contribution in [3.63, 3.8) is 0 Å². The summed E-state index contributed by atoms with van der Waals surface area (Å²) in [5.74, 6) is 0.617. The number of hydrogen-bond acceptors (Lipinski definition) is 4. The highest BCUT2D eigenvalue weighted by Crippen LogP contribution is 2.26. The molecule has 0 radical (unpaired) electrons. The van der Waals surface area contributed by atoms with Crippen molar-refractivity contribution in [2.75, 3.05) is 0 Å². The summed E-state index contributed by atoms with van der Waals surface area (Å²) in [5.41, 5.74) is 1.31. The molecule has 0 fully saturated rings. The first-order valence-electron chi connectivity index (χ1n) is 5.70. The van der Waals surface area contributed by atoms with E-state index in [0.29, 0.717) is 5.75 Å². The maximum absolute atomic E-state index is 5.67. The summed E-state index contributed by atoms with van der Waals surface area (Å²) in [4.78, 5) is 11.3. The minimum absolute atomic E-state index is 0.00121. The lowest BCUT2D eigenvalue weighted by atomic mass is 9.87. The molecule has 0 aliphatic heterocycles. The number of benzene rings is 1. The van der Waals surface area contributed by atoms with Crippen LogP contribution in [0.3, 0.4) is 0 Å². The zero-order valence-corrected chi connectivity index (χ0v) is 12.3. The van der Waals surface area contributed by atoms with Crippen LogP contribution in [0, 0.1) is 0 Å². The smallest absolute Gasteiger partial charge is 0.327 e. The van der Waals surface area contributed by atoms with Gasteiger partial charge in [-0.05, 0) is 46.3 Å². The van der Waals surface area contributed by atoms with Crippen LogP contribution < -0.4 is 4.74 Å². The zero-order valence-electron chi connectivity index (χ0n) is 10.8. The Bertz CT molecular complexity index is 559. The maximum atomic E-state index is 5.67. The second-order valence-electron chi connectivity index (χ2n) is 5.03. The number of aromatic nitrogens is 3. The van der Waals surface area contributed by atoms with Gasteiger partial charge in [0.25, 0.3) is 0 Å². The van der Waals surface area contributed by atoms with Gasteiger partial charge in [-0.2, -0.15) is 15.0 Å². The molecule has 0 amide bonds. The van der Waals surface area contributed by atoms with Gasteiger partial charge < -0.3 is 4.74 Å². The minimum Gasteiger partial charge on any atom is -0.424 e. The normalized spacial score (nSPS) is 11.4. The van der Waals surface area contributed by atoms with E-state index in [9.17, 15) is 0 Å². The van der Waals surface area contributed by atoms with Crippen molar-refractivity contribution in [1.29, 1.82) is 0 Å². The summed E-state index contributed by atoms with van der Waals surface area (Å²) < 4.78 is 5.48. The van der Waals surface area contributed by atoms with Crippen molar-refractivity contribution in [3.05, 3.63) is 40.4 Å². The van der Waals surface area contributed by atoms with E-state index < -0.39 is 0 Å². The number of rotatable bonds is 2. The molecule has 0 aliphatic rings. The Morgan fingerprint density at radius 3 is 1.89 bits per heavy atom. The van der Waals surface area contributed by atoms with Gasteiger partial charge in [0.05, 0.1) is 0 Å². The van der Waals surface area contributed by atoms with Crippen molar-refractivity contribution in [1.82, 2.24) is 15.0 Å². The monoisotopic (exact) mass is 297 g/mol. The van der Waals surface area contributed by atoms with Crippen LogP contribution in [-0.2, 0) is 5.41 Å². The van der Waals surface area contributed by atoms with Crippen molar-refractivity contribution in [3.8, 4) is 11.8 Å². The summed E-state index contributed by atoms with van der Waals surface area (Å²) >= 11 is 11.3. The van der Waals surface area contributed by atoms with Crippen molar-refractivity contribution >= 4 is 23.2 Å². The Morgan fingerprint density at radius 2 is 1.42 bits per heavy atom. The highest BCUT2D eigenvalue weighted by molar-refractivity contribution is 6.31. The van der Waals surface area contributed by atoms with E-state index in [2.05, 4.69) is 35.7 Å². The van der Waals surface area contributed by atoms with Crippen LogP contribution in [0.25, 0.3) is 0 Å². The van der Waals surface area contributed by atoms with E-state index >= 15 is 0 Å². The predicted octanol–water partition coefficient (Wildman–Crippen LogP) is 4.27. The molecule has 0 bridgehead atoms. The van der Waals surface area contributed by atoms with Gasteiger partial charge >= 0.3 is 6.01 Å². The molecule has 0 aliphatic carbocycles. The minimum atomic E-state index is 0.00121. The third kappa shape index (κ3) is 3.78. The molecule has 0 atom stereocenters. The second kappa shape index (κ2) is 5.31. The first-order valence-corrected chi connectivity index (χ1v) is 6.46. The third-order valence-electron chi connectivity index (χ3n) is 2.49. The number of halogens is 2. The van der Waals surface area contributed by atoms with Crippen molar-refractivity contribution < 1.29 is 4.74 Å². The van der Waals surface area contributed by atoms with Gasteiger partial charge in [-0.15, -0.1) is 0 Å². The fourth-order valence-electron chi connectivity index (χ4n) is 1.48. The van der Waals surface area contributed by atoms with E-state index in [1.54, 1.807) is 0 Å². The van der Waals surface area contributed by atoms with Gasteiger partial charge in [0.15, 0.2) is 0 Å². The average Bonchev–Trinajstić information content (AvgIpc) is 2.26. The van der Waals surface area contributed by atoms with Crippen LogP contribution in [0.5, 0.6) is 11.8 Å². The van der Waals surface area contributed by atoms with Gasteiger partial charge in [0.1, 0.15) is 5.75 Å². The molecule has 1 heterocycles. The average molecular weight is 298 g/mol. The third-order valence-corrected chi connectivity index (χ3v) is 2.83. The standard InChI is InChI=1S/C13H13Cl2N3O/c1-13(2,3)8-4-6-9(7-5-8)19-12-17-10(14)16-11(15)18-12/h4-7H,1-3H3. The predicted molar refractivity (Wildman–Crippen MR) is 75.1 cm³/mol. The molecule has 100 valence electrons. The van der Waals surface area contributed by atoms with Gasteiger partial charge in [-0.3, -0.25) is 0 Å². The lowest BCUT2D eigenvalue weighted by molar-refractivity contribution is 0.439. The highest BCUT2D eigenvalue weighted by atomic mass is 35.5. The van der Waals surface area contributed by atoms with E-state index in [1.165, 1.54) is 5.56 Å². The highest BCUT2D eigenvalue weighted by Gasteiger charge is 2.13. The molecule has 2 aromatic rings. The van der Waals surface area contributed by atoms with E-state index in [1.807, 2.05) is 24.3 Å². The van der Waals surface area contributed by atoms with Gasteiger partial charge in [0, 0.05) is 0 Å². The zero-order chi connectivity index (χ0) is 14.0. The molecule has 0 saturated carbocycles. The maximum Gasteiger partial charge on any atom is 0.327 e. The lowest BCUT2D eigenvalue weighted by Crippen LogP contribution is -2.10. The van der Waals surface area contributed by atoms with E-state index in [4.69, 9.17) is 27.9 Å². The summed E-state index contributed by atoms with van der Waals surface area (Å²) in [6, 6.07) is 7.78. The SMILES string of the molecule is CC(C)(C)c1ccc(Oc2nc(Cl)nc(Cl)n2)cc1. The van der Waals surface area contributed by atoms with Crippen molar-refractivity contribution in [2.24, 2.45) is 0 Å². The molecule has 1 aromatic heterocycles. The molecule has 0 spiro atoms. The molecule has 0 saturated heterocycles. The van der Waals surface area contributed by atoms with Gasteiger partial charge in [-0.25, -0.2) is 0 Å². The fraction of sp³-hybridized carbons (Fsp3) is 0.308. The molecule has 0 N–H and O–H groups in total. The van der Waals surface area contributed by atoms with Crippen LogP contribution in [0.2, 0.25) is 10.6 Å². The topological polar surface area (TPSA) is 47.9 Å². The Labute approximate surface area is 121 Å². The largest absolute Gasteiger partial charge is 0.424 e. The van der Waals surface area contributed by atoms with Crippen LogP contribution in [0.1, 0.15) is 26.3 Å². The van der Waals surface area contributed by atoms with Crippen LogP contribution in [-0.4, -0.2) is 15.0 Å². The van der Waals surface area contributed by atoms with Gasteiger partial charge in [0.2, 0.25) is 10.6 Å². The quantitative estimate of drug-likeness (QED) is 0.830. The number of ether oxygens (including phenoxy) is 1. The number of nitrogens with zero attached hydrogens (tertiary/aromatic N) is 3. The Balaban J connectivity index is 2.20. The molecule has 19 heavy (non-hydrogen) atoms. The first-order chi connectivity index (χ1) is 8.84. The fourth-order valence-corrected chi connectivity index (χ4v) is 1.83. The van der Waals surface area contributed by atoms with Crippen LogP contribution in [0.4, 0.5) is 0 Å². The lowest BCUT2D eigenvalue weighted by Gasteiger charge is -2.18. The van der Waals surface area contributed by atoms with Gasteiger partial charge in [-0.1, -0.05) is 32.9 Å². The molecular weight excluding hydrogens is 285 g/mol. The molecule has 6 heteroatoms. The molecule has 0 unspecified atom stereocenters. The van der Waals surface area contributed by atoms with E-state index in [0.717, 1.165) is 0 Å². The molecule has 2 rings (SSSR count). The molecular formula is C13H13Cl2N3O.